The lowest BCUT2D eigenvalue weighted by atomic mass is 9.73. The first-order valence-electron chi connectivity index (χ1n) is 7.23. The Morgan fingerprint density at radius 3 is 2.15 bits per heavy atom. The summed E-state index contributed by atoms with van der Waals surface area (Å²) in [4.78, 5) is 0. The highest BCUT2D eigenvalue weighted by atomic mass is 16.3. The molecule has 0 aliphatic rings. The summed E-state index contributed by atoms with van der Waals surface area (Å²) in [6.45, 7) is 10.9. The van der Waals surface area contributed by atoms with E-state index in [2.05, 4.69) is 46.8 Å². The van der Waals surface area contributed by atoms with Crippen LogP contribution in [0.3, 0.4) is 0 Å². The summed E-state index contributed by atoms with van der Waals surface area (Å²) >= 11 is 0. The highest BCUT2D eigenvalue weighted by molar-refractivity contribution is 5.73. The van der Waals surface area contributed by atoms with E-state index in [9.17, 15) is 5.11 Å². The molecule has 0 saturated carbocycles. The number of phenolic OH excluding ortho intramolecular Hbond substituents is 1. The molecule has 1 heteroatoms. The second-order valence-electron chi connectivity index (χ2n) is 6.45. The molecule has 0 radical (unpaired) electrons. The van der Waals surface area contributed by atoms with E-state index in [4.69, 9.17) is 0 Å². The van der Waals surface area contributed by atoms with E-state index in [1.54, 1.807) is 0 Å². The van der Waals surface area contributed by atoms with Gasteiger partial charge in [-0.2, -0.15) is 0 Å². The van der Waals surface area contributed by atoms with Crippen LogP contribution in [0.15, 0.2) is 42.5 Å². The lowest BCUT2D eigenvalue weighted by Crippen LogP contribution is -2.24. The van der Waals surface area contributed by atoms with Crippen molar-refractivity contribution in [3.05, 3.63) is 53.6 Å². The molecule has 1 nitrogen and oxygen atoms in total. The quantitative estimate of drug-likeness (QED) is 0.800. The molecular weight excluding hydrogens is 244 g/mol. The zero-order chi connectivity index (χ0) is 14.9. The van der Waals surface area contributed by atoms with Gasteiger partial charge in [-0.3, -0.25) is 0 Å². The summed E-state index contributed by atoms with van der Waals surface area (Å²) in [5.74, 6) is 0.874. The maximum atomic E-state index is 10.8. The lowest BCUT2D eigenvalue weighted by Gasteiger charge is -2.31. The summed E-state index contributed by atoms with van der Waals surface area (Å²) in [5.41, 5.74) is 4.15. The SMILES string of the molecule is Cc1cc(-c2ccccc2)c(O)c(C(C)(C)C(C)C)c1. The number of aromatic hydroxyl groups is 1. The fourth-order valence-corrected chi connectivity index (χ4v) is 2.42. The normalized spacial score (nSPS) is 11.9. The smallest absolute Gasteiger partial charge is 0.127 e. The van der Waals surface area contributed by atoms with Crippen molar-refractivity contribution in [2.75, 3.05) is 0 Å². The second-order valence-corrected chi connectivity index (χ2v) is 6.45. The molecule has 2 aromatic rings. The lowest BCUT2D eigenvalue weighted by molar-refractivity contribution is 0.352. The van der Waals surface area contributed by atoms with Crippen LogP contribution in [0.4, 0.5) is 0 Å². The maximum Gasteiger partial charge on any atom is 0.127 e. The van der Waals surface area contributed by atoms with Gasteiger partial charge in [0, 0.05) is 11.1 Å². The monoisotopic (exact) mass is 268 g/mol. The minimum Gasteiger partial charge on any atom is -0.507 e. The molecule has 1 N–H and O–H groups in total. The third-order valence-corrected chi connectivity index (χ3v) is 4.48. The summed E-state index contributed by atoms with van der Waals surface area (Å²) < 4.78 is 0. The third-order valence-electron chi connectivity index (χ3n) is 4.48. The van der Waals surface area contributed by atoms with Crippen molar-refractivity contribution in [2.45, 2.75) is 40.0 Å². The topological polar surface area (TPSA) is 20.2 Å². The first-order valence-corrected chi connectivity index (χ1v) is 7.23. The number of phenols is 1. The van der Waals surface area contributed by atoms with Crippen LogP contribution in [0, 0.1) is 12.8 Å². The first-order chi connectivity index (χ1) is 9.34. The zero-order valence-electron chi connectivity index (χ0n) is 13.1. The predicted molar refractivity (Wildman–Crippen MR) is 86.1 cm³/mol. The second kappa shape index (κ2) is 5.32. The molecule has 0 aliphatic carbocycles. The fourth-order valence-electron chi connectivity index (χ4n) is 2.42. The molecule has 106 valence electrons. The van der Waals surface area contributed by atoms with Crippen LogP contribution in [0.25, 0.3) is 11.1 Å². The Hall–Kier alpha value is -1.76. The number of hydrogen-bond acceptors (Lipinski definition) is 1. The molecule has 2 rings (SSSR count). The minimum absolute atomic E-state index is 0.0559. The molecule has 0 spiro atoms. The third kappa shape index (κ3) is 2.58. The van der Waals surface area contributed by atoms with Crippen LogP contribution in [-0.4, -0.2) is 5.11 Å². The Morgan fingerprint density at radius 1 is 1.00 bits per heavy atom. The molecule has 0 aliphatic heterocycles. The van der Waals surface area contributed by atoms with Gasteiger partial charge in [-0.1, -0.05) is 64.1 Å². The van der Waals surface area contributed by atoms with Crippen molar-refractivity contribution >= 4 is 0 Å². The van der Waals surface area contributed by atoms with Gasteiger partial charge in [0.1, 0.15) is 5.75 Å². The molecule has 0 atom stereocenters. The largest absolute Gasteiger partial charge is 0.507 e. The standard InChI is InChI=1S/C19H24O/c1-13(2)19(4,5)17-12-14(3)11-16(18(17)20)15-9-7-6-8-10-15/h6-13,20H,1-5H3. The first kappa shape index (κ1) is 14.6. The zero-order valence-corrected chi connectivity index (χ0v) is 13.1. The Morgan fingerprint density at radius 2 is 1.60 bits per heavy atom. The fraction of sp³-hybridized carbons (Fsp3) is 0.368. The van der Waals surface area contributed by atoms with Crippen molar-refractivity contribution in [2.24, 2.45) is 5.92 Å². The number of aryl methyl sites for hydroxylation is 1. The van der Waals surface area contributed by atoms with E-state index in [1.165, 1.54) is 5.56 Å². The van der Waals surface area contributed by atoms with Gasteiger partial charge in [0.25, 0.3) is 0 Å². The van der Waals surface area contributed by atoms with E-state index < -0.39 is 0 Å². The van der Waals surface area contributed by atoms with Crippen molar-refractivity contribution in [3.8, 4) is 16.9 Å². The van der Waals surface area contributed by atoms with Crippen LogP contribution < -0.4 is 0 Å². The van der Waals surface area contributed by atoms with Crippen LogP contribution in [-0.2, 0) is 5.41 Å². The summed E-state index contributed by atoms with van der Waals surface area (Å²) in [6, 6.07) is 14.3. The summed E-state index contributed by atoms with van der Waals surface area (Å²) in [5, 5.41) is 10.8. The highest BCUT2D eigenvalue weighted by Crippen LogP contribution is 2.42. The average Bonchev–Trinajstić information content (AvgIpc) is 2.41. The van der Waals surface area contributed by atoms with Gasteiger partial charge < -0.3 is 5.11 Å². The molecule has 0 bridgehead atoms. The summed E-state index contributed by atoms with van der Waals surface area (Å²) in [7, 11) is 0. The van der Waals surface area contributed by atoms with Crippen LogP contribution in [0.1, 0.15) is 38.8 Å². The van der Waals surface area contributed by atoms with E-state index in [-0.39, 0.29) is 5.41 Å². The number of benzene rings is 2. The molecule has 0 fully saturated rings. The molecule has 0 heterocycles. The minimum atomic E-state index is -0.0559. The van der Waals surface area contributed by atoms with E-state index in [0.717, 1.165) is 16.7 Å². The maximum absolute atomic E-state index is 10.8. The molecule has 0 aromatic heterocycles. The number of rotatable bonds is 3. The Balaban J connectivity index is 2.66. The van der Waals surface area contributed by atoms with Crippen LogP contribution in [0.2, 0.25) is 0 Å². The van der Waals surface area contributed by atoms with Crippen molar-refractivity contribution in [1.82, 2.24) is 0 Å². The van der Waals surface area contributed by atoms with E-state index >= 15 is 0 Å². The van der Waals surface area contributed by atoms with E-state index in [0.29, 0.717) is 11.7 Å². The molecular formula is C19H24O. The van der Waals surface area contributed by atoms with Gasteiger partial charge in [-0.25, -0.2) is 0 Å². The van der Waals surface area contributed by atoms with Gasteiger partial charge in [-0.15, -0.1) is 0 Å². The average molecular weight is 268 g/mol. The van der Waals surface area contributed by atoms with Crippen LogP contribution >= 0.6 is 0 Å². The van der Waals surface area contributed by atoms with Gasteiger partial charge in [0.2, 0.25) is 0 Å². The summed E-state index contributed by atoms with van der Waals surface area (Å²) in [6.07, 6.45) is 0. The Labute approximate surface area is 122 Å². The Bertz CT molecular complexity index is 595. The van der Waals surface area contributed by atoms with Gasteiger partial charge in [0.05, 0.1) is 0 Å². The molecule has 0 amide bonds. The van der Waals surface area contributed by atoms with Crippen LogP contribution in [0.5, 0.6) is 5.75 Å². The molecule has 0 unspecified atom stereocenters. The van der Waals surface area contributed by atoms with Crippen molar-refractivity contribution in [1.29, 1.82) is 0 Å². The van der Waals surface area contributed by atoms with Crippen molar-refractivity contribution < 1.29 is 5.11 Å². The number of hydrogen-bond donors (Lipinski definition) is 1. The highest BCUT2D eigenvalue weighted by Gasteiger charge is 2.29. The molecule has 20 heavy (non-hydrogen) atoms. The Kier molecular flexibility index (Phi) is 3.89. The predicted octanol–water partition coefficient (Wildman–Crippen LogP) is 5.30. The van der Waals surface area contributed by atoms with Gasteiger partial charge in [0.15, 0.2) is 0 Å². The molecule has 0 saturated heterocycles. The van der Waals surface area contributed by atoms with E-state index in [1.807, 2.05) is 30.3 Å². The molecule has 2 aromatic carbocycles. The van der Waals surface area contributed by atoms with Gasteiger partial charge >= 0.3 is 0 Å². The van der Waals surface area contributed by atoms with Gasteiger partial charge in [-0.05, 0) is 35.4 Å². The van der Waals surface area contributed by atoms with Crippen molar-refractivity contribution in [3.63, 3.8) is 0 Å².